The summed E-state index contributed by atoms with van der Waals surface area (Å²) in [6.07, 6.45) is 4.68. The molecule has 6 rings (SSSR count). The maximum absolute atomic E-state index is 13.0. The molecule has 2 amide bonds. The molecule has 0 saturated carbocycles. The Hall–Kier alpha value is -5.54. The van der Waals surface area contributed by atoms with Gasteiger partial charge in [0.05, 0.1) is 17.1 Å². The first-order valence-corrected chi connectivity index (χ1v) is 14.5. The highest BCUT2D eigenvalue weighted by Crippen LogP contribution is 2.33. The van der Waals surface area contributed by atoms with Gasteiger partial charge in [0.2, 0.25) is 5.95 Å². The molecule has 0 aliphatic carbocycles. The summed E-state index contributed by atoms with van der Waals surface area (Å²) in [7, 11) is 5.90. The zero-order valence-electron chi connectivity index (χ0n) is 25.0. The Morgan fingerprint density at radius 1 is 0.818 bits per heavy atom. The molecular formula is C35H34N8O. The first-order chi connectivity index (χ1) is 21.4. The van der Waals surface area contributed by atoms with Gasteiger partial charge in [0.15, 0.2) is 0 Å². The zero-order chi connectivity index (χ0) is 30.5. The maximum Gasteiger partial charge on any atom is 0.326 e. The first kappa shape index (κ1) is 28.6. The number of fused-ring (bicyclic) bond motifs is 1. The minimum Gasteiger partial charge on any atom is -0.324 e. The van der Waals surface area contributed by atoms with Crippen LogP contribution in [0.25, 0.3) is 28.3 Å². The molecule has 0 aliphatic rings. The number of nitrogens with one attached hydrogen (secondary N) is 2. The molecule has 9 heteroatoms. The fourth-order valence-corrected chi connectivity index (χ4v) is 5.00. The Labute approximate surface area is 256 Å². The van der Waals surface area contributed by atoms with E-state index < -0.39 is 0 Å². The number of benzene rings is 3. The van der Waals surface area contributed by atoms with Crippen LogP contribution in [0, 0.1) is 0 Å². The van der Waals surface area contributed by atoms with Crippen LogP contribution < -0.4 is 15.5 Å². The fourth-order valence-electron chi connectivity index (χ4n) is 5.00. The lowest BCUT2D eigenvalue weighted by Gasteiger charge is -2.18. The van der Waals surface area contributed by atoms with Crippen LogP contribution in [0.5, 0.6) is 0 Å². The highest BCUT2D eigenvalue weighted by Gasteiger charge is 2.19. The number of nitrogens with zero attached hydrogens (tertiary/aromatic N) is 6. The summed E-state index contributed by atoms with van der Waals surface area (Å²) in [5.41, 5.74) is 7.58. The normalized spacial score (nSPS) is 11.1. The average Bonchev–Trinajstić information content (AvgIpc) is 3.44. The van der Waals surface area contributed by atoms with E-state index in [2.05, 4.69) is 46.7 Å². The number of amides is 2. The van der Waals surface area contributed by atoms with Gasteiger partial charge in [-0.25, -0.2) is 19.7 Å². The molecule has 0 saturated heterocycles. The van der Waals surface area contributed by atoms with Gasteiger partial charge in [0, 0.05) is 48.6 Å². The second-order valence-electron chi connectivity index (χ2n) is 10.8. The molecule has 0 unspecified atom stereocenters. The molecule has 0 radical (unpaired) electrons. The third-order valence-corrected chi connectivity index (χ3v) is 7.29. The van der Waals surface area contributed by atoms with E-state index in [-0.39, 0.29) is 6.03 Å². The third-order valence-electron chi connectivity index (χ3n) is 7.29. The van der Waals surface area contributed by atoms with Crippen molar-refractivity contribution < 1.29 is 4.79 Å². The van der Waals surface area contributed by atoms with Crippen LogP contribution in [0.3, 0.4) is 0 Å². The van der Waals surface area contributed by atoms with Gasteiger partial charge in [-0.3, -0.25) is 9.30 Å². The second kappa shape index (κ2) is 12.8. The lowest BCUT2D eigenvalue weighted by atomic mass is 10.1. The van der Waals surface area contributed by atoms with Crippen LogP contribution in [-0.4, -0.2) is 58.0 Å². The summed E-state index contributed by atoms with van der Waals surface area (Å²) in [6.45, 7) is 0.973. The summed E-state index contributed by atoms with van der Waals surface area (Å²) in [5, 5.41) is 6.39. The molecule has 0 fully saturated rings. The molecule has 0 atom stereocenters. The molecule has 0 spiro atoms. The predicted octanol–water partition coefficient (Wildman–Crippen LogP) is 6.97. The summed E-state index contributed by atoms with van der Waals surface area (Å²) < 4.78 is 2.03. The molecule has 3 aromatic carbocycles. The minimum absolute atomic E-state index is 0.235. The molecule has 44 heavy (non-hydrogen) atoms. The standard InChI is InChI=1S/C35H34N8O/c1-41(2)22-19-25-11-9-13-27(23-25)37-34-36-20-18-30(39-34)33-32(40-31-17-7-8-21-43(31)33)26-12-10-14-28(24-26)38-35(44)42(3)29-15-5-4-6-16-29/h4-18,20-21,23-24H,19,22H2,1-3H3,(H,38,44)(H,36,37,39). The van der Waals surface area contributed by atoms with Gasteiger partial charge in [0.25, 0.3) is 0 Å². The monoisotopic (exact) mass is 582 g/mol. The van der Waals surface area contributed by atoms with Crippen molar-refractivity contribution in [3.05, 3.63) is 121 Å². The number of urea groups is 1. The number of aromatic nitrogens is 4. The largest absolute Gasteiger partial charge is 0.326 e. The van der Waals surface area contributed by atoms with Crippen LogP contribution >= 0.6 is 0 Å². The number of carbonyl (C=O) groups is 1. The first-order valence-electron chi connectivity index (χ1n) is 14.5. The summed E-state index contributed by atoms with van der Waals surface area (Å²) in [6, 6.07) is 33.1. The van der Waals surface area contributed by atoms with E-state index in [1.807, 2.05) is 102 Å². The van der Waals surface area contributed by atoms with Crippen molar-refractivity contribution in [2.24, 2.45) is 0 Å². The van der Waals surface area contributed by atoms with Gasteiger partial charge in [-0.2, -0.15) is 0 Å². The van der Waals surface area contributed by atoms with Gasteiger partial charge >= 0.3 is 6.03 Å². The molecule has 3 aromatic heterocycles. The zero-order valence-corrected chi connectivity index (χ0v) is 25.0. The van der Waals surface area contributed by atoms with Gasteiger partial charge < -0.3 is 15.5 Å². The summed E-state index contributed by atoms with van der Waals surface area (Å²) in [4.78, 5) is 31.2. The number of hydrogen-bond donors (Lipinski definition) is 2. The van der Waals surface area contributed by atoms with E-state index in [1.54, 1.807) is 18.1 Å². The Balaban J connectivity index is 1.31. The molecule has 9 nitrogen and oxygen atoms in total. The van der Waals surface area contributed by atoms with Crippen molar-refractivity contribution in [3.63, 3.8) is 0 Å². The highest BCUT2D eigenvalue weighted by molar-refractivity contribution is 6.01. The van der Waals surface area contributed by atoms with Gasteiger partial charge in [-0.05, 0) is 80.7 Å². The number of rotatable bonds is 9. The van der Waals surface area contributed by atoms with Gasteiger partial charge in [-0.15, -0.1) is 0 Å². The molecular weight excluding hydrogens is 548 g/mol. The lowest BCUT2D eigenvalue weighted by Crippen LogP contribution is -2.31. The number of likely N-dealkylation sites (N-methyl/N-ethyl adjacent to an activating group) is 1. The summed E-state index contributed by atoms with van der Waals surface area (Å²) >= 11 is 0. The van der Waals surface area contributed by atoms with Crippen molar-refractivity contribution in [2.45, 2.75) is 6.42 Å². The Morgan fingerprint density at radius 3 is 2.45 bits per heavy atom. The van der Waals surface area contributed by atoms with Crippen molar-refractivity contribution in [3.8, 4) is 22.6 Å². The van der Waals surface area contributed by atoms with Crippen LogP contribution in [0.15, 0.2) is 116 Å². The number of anilines is 4. The van der Waals surface area contributed by atoms with E-state index in [0.29, 0.717) is 11.6 Å². The van der Waals surface area contributed by atoms with Crippen molar-refractivity contribution >= 4 is 34.7 Å². The minimum atomic E-state index is -0.235. The Kier molecular flexibility index (Phi) is 8.29. The molecule has 220 valence electrons. The fraction of sp³-hybridized carbons (Fsp3) is 0.143. The van der Waals surface area contributed by atoms with Crippen molar-refractivity contribution in [2.75, 3.05) is 43.2 Å². The van der Waals surface area contributed by atoms with E-state index in [0.717, 1.165) is 52.6 Å². The quantitative estimate of drug-likeness (QED) is 0.191. The third kappa shape index (κ3) is 6.43. The van der Waals surface area contributed by atoms with Gasteiger partial charge in [0.1, 0.15) is 5.65 Å². The Morgan fingerprint density at radius 2 is 1.61 bits per heavy atom. The lowest BCUT2D eigenvalue weighted by molar-refractivity contribution is 0.258. The number of para-hydroxylation sites is 1. The van der Waals surface area contributed by atoms with E-state index in [1.165, 1.54) is 5.56 Å². The van der Waals surface area contributed by atoms with Gasteiger partial charge in [-0.1, -0.05) is 48.5 Å². The SMILES string of the molecule is CN(C)CCc1cccc(Nc2nccc(-c3c(-c4cccc(NC(=O)N(C)c5ccccc5)c4)nc4ccccn34)n2)c1. The predicted molar refractivity (Wildman–Crippen MR) is 178 cm³/mol. The summed E-state index contributed by atoms with van der Waals surface area (Å²) in [5.74, 6) is 0.494. The van der Waals surface area contributed by atoms with Crippen molar-refractivity contribution in [1.29, 1.82) is 0 Å². The smallest absolute Gasteiger partial charge is 0.324 e. The highest BCUT2D eigenvalue weighted by atomic mass is 16.2. The molecule has 3 heterocycles. The molecule has 2 N–H and O–H groups in total. The number of carbonyl (C=O) groups excluding carboxylic acids is 1. The second-order valence-corrected chi connectivity index (χ2v) is 10.8. The number of pyridine rings is 1. The molecule has 0 bridgehead atoms. The average molecular weight is 583 g/mol. The maximum atomic E-state index is 13.0. The topological polar surface area (TPSA) is 90.7 Å². The van der Waals surface area contributed by atoms with E-state index >= 15 is 0 Å². The van der Waals surface area contributed by atoms with Crippen LogP contribution in [0.4, 0.5) is 27.8 Å². The molecule has 0 aliphatic heterocycles. The van der Waals surface area contributed by atoms with Crippen LogP contribution in [0.1, 0.15) is 5.56 Å². The van der Waals surface area contributed by atoms with Crippen LogP contribution in [-0.2, 0) is 6.42 Å². The molecule has 6 aromatic rings. The van der Waals surface area contributed by atoms with E-state index in [4.69, 9.17) is 9.97 Å². The van der Waals surface area contributed by atoms with E-state index in [9.17, 15) is 4.79 Å². The number of hydrogen-bond acceptors (Lipinski definition) is 6. The van der Waals surface area contributed by atoms with Crippen LogP contribution in [0.2, 0.25) is 0 Å². The Bertz CT molecular complexity index is 1900. The number of imidazole rings is 1. The van der Waals surface area contributed by atoms with Crippen molar-refractivity contribution in [1.82, 2.24) is 24.3 Å².